The number of hydrogen-bond donors (Lipinski definition) is 2. The molecule has 3 heteroatoms. The SMILES string of the molecule is CCC(C)C1CN(Cc2cccc(O)c2)C(C)CN1. The molecule has 3 atom stereocenters. The van der Waals surface area contributed by atoms with Gasteiger partial charge in [0.1, 0.15) is 5.75 Å². The highest BCUT2D eigenvalue weighted by Crippen LogP contribution is 2.19. The Bertz CT molecular complexity index is 407. The smallest absolute Gasteiger partial charge is 0.115 e. The lowest BCUT2D eigenvalue weighted by Crippen LogP contribution is -2.56. The molecule has 0 aromatic heterocycles. The second kappa shape index (κ2) is 6.40. The Balaban J connectivity index is 2.01. The highest BCUT2D eigenvalue weighted by molar-refractivity contribution is 5.27. The van der Waals surface area contributed by atoms with E-state index in [0.717, 1.165) is 19.6 Å². The van der Waals surface area contributed by atoms with Crippen LogP contribution in [0.1, 0.15) is 32.8 Å². The summed E-state index contributed by atoms with van der Waals surface area (Å²) in [6, 6.07) is 8.73. The number of rotatable bonds is 4. The van der Waals surface area contributed by atoms with Crippen molar-refractivity contribution in [3.8, 4) is 5.75 Å². The summed E-state index contributed by atoms with van der Waals surface area (Å²) in [5.74, 6) is 1.07. The number of hydrogen-bond acceptors (Lipinski definition) is 3. The van der Waals surface area contributed by atoms with Crippen molar-refractivity contribution in [3.05, 3.63) is 29.8 Å². The summed E-state index contributed by atoms with van der Waals surface area (Å²) in [7, 11) is 0. The highest BCUT2D eigenvalue weighted by atomic mass is 16.3. The van der Waals surface area contributed by atoms with Crippen molar-refractivity contribution >= 4 is 0 Å². The Morgan fingerprint density at radius 2 is 2.26 bits per heavy atom. The molecule has 106 valence electrons. The van der Waals surface area contributed by atoms with E-state index >= 15 is 0 Å². The Kier molecular flexibility index (Phi) is 4.83. The average molecular weight is 262 g/mol. The van der Waals surface area contributed by atoms with E-state index in [2.05, 4.69) is 37.1 Å². The fourth-order valence-corrected chi connectivity index (χ4v) is 2.72. The number of phenols is 1. The van der Waals surface area contributed by atoms with Gasteiger partial charge in [0.15, 0.2) is 0 Å². The lowest BCUT2D eigenvalue weighted by molar-refractivity contribution is 0.112. The number of benzene rings is 1. The van der Waals surface area contributed by atoms with Crippen molar-refractivity contribution in [1.82, 2.24) is 10.2 Å². The Morgan fingerprint density at radius 1 is 1.47 bits per heavy atom. The summed E-state index contributed by atoms with van der Waals surface area (Å²) in [6.45, 7) is 9.90. The summed E-state index contributed by atoms with van der Waals surface area (Å²) >= 11 is 0. The summed E-state index contributed by atoms with van der Waals surface area (Å²) in [4.78, 5) is 2.52. The Morgan fingerprint density at radius 3 is 2.95 bits per heavy atom. The van der Waals surface area contributed by atoms with Crippen LogP contribution in [-0.4, -0.2) is 35.2 Å². The van der Waals surface area contributed by atoms with Gasteiger partial charge in [0.25, 0.3) is 0 Å². The van der Waals surface area contributed by atoms with E-state index < -0.39 is 0 Å². The van der Waals surface area contributed by atoms with E-state index in [-0.39, 0.29) is 0 Å². The largest absolute Gasteiger partial charge is 0.508 e. The van der Waals surface area contributed by atoms with E-state index in [4.69, 9.17) is 0 Å². The molecular formula is C16H26N2O. The first-order valence-corrected chi connectivity index (χ1v) is 7.35. The zero-order chi connectivity index (χ0) is 13.8. The standard InChI is InChI=1S/C16H26N2O/c1-4-12(2)16-11-18(13(3)9-17-16)10-14-6-5-7-15(19)8-14/h5-8,12-13,16-17,19H,4,9-11H2,1-3H3. The van der Waals surface area contributed by atoms with E-state index in [1.807, 2.05) is 12.1 Å². The zero-order valence-electron chi connectivity index (χ0n) is 12.3. The van der Waals surface area contributed by atoms with Gasteiger partial charge in [0, 0.05) is 31.7 Å². The van der Waals surface area contributed by atoms with Crippen molar-refractivity contribution in [2.24, 2.45) is 5.92 Å². The maximum Gasteiger partial charge on any atom is 0.115 e. The molecule has 1 fully saturated rings. The minimum absolute atomic E-state index is 0.360. The fraction of sp³-hybridized carbons (Fsp3) is 0.625. The van der Waals surface area contributed by atoms with Gasteiger partial charge in [-0.05, 0) is 30.5 Å². The van der Waals surface area contributed by atoms with Crippen molar-refractivity contribution < 1.29 is 5.11 Å². The first-order valence-electron chi connectivity index (χ1n) is 7.35. The van der Waals surface area contributed by atoms with Crippen LogP contribution in [0, 0.1) is 5.92 Å². The molecule has 0 aliphatic carbocycles. The molecule has 1 aliphatic heterocycles. The van der Waals surface area contributed by atoms with E-state index in [1.54, 1.807) is 6.07 Å². The van der Waals surface area contributed by atoms with Crippen LogP contribution in [0.15, 0.2) is 24.3 Å². The molecule has 0 amide bonds. The molecular weight excluding hydrogens is 236 g/mol. The molecule has 0 saturated carbocycles. The van der Waals surface area contributed by atoms with Crippen LogP contribution in [-0.2, 0) is 6.54 Å². The van der Waals surface area contributed by atoms with E-state index in [1.165, 1.54) is 12.0 Å². The number of nitrogens with zero attached hydrogens (tertiary/aromatic N) is 1. The van der Waals surface area contributed by atoms with Crippen LogP contribution in [0.3, 0.4) is 0 Å². The van der Waals surface area contributed by atoms with Gasteiger partial charge < -0.3 is 10.4 Å². The van der Waals surface area contributed by atoms with Crippen molar-refractivity contribution in [3.63, 3.8) is 0 Å². The van der Waals surface area contributed by atoms with Crippen molar-refractivity contribution in [2.75, 3.05) is 13.1 Å². The fourth-order valence-electron chi connectivity index (χ4n) is 2.72. The molecule has 0 spiro atoms. The van der Waals surface area contributed by atoms with Crippen LogP contribution in [0.5, 0.6) is 5.75 Å². The Hall–Kier alpha value is -1.06. The first kappa shape index (κ1) is 14.4. The third-order valence-electron chi connectivity index (χ3n) is 4.36. The third kappa shape index (κ3) is 3.71. The molecule has 1 aliphatic rings. The van der Waals surface area contributed by atoms with Crippen LogP contribution in [0.2, 0.25) is 0 Å². The zero-order valence-corrected chi connectivity index (χ0v) is 12.3. The summed E-state index contributed by atoms with van der Waals surface area (Å²) in [5, 5.41) is 13.2. The van der Waals surface area contributed by atoms with Crippen LogP contribution in [0.25, 0.3) is 0 Å². The molecule has 0 bridgehead atoms. The topological polar surface area (TPSA) is 35.5 Å². The molecule has 3 unspecified atom stereocenters. The van der Waals surface area contributed by atoms with Crippen LogP contribution >= 0.6 is 0 Å². The maximum absolute atomic E-state index is 9.56. The monoisotopic (exact) mass is 262 g/mol. The first-order chi connectivity index (χ1) is 9.10. The van der Waals surface area contributed by atoms with Crippen molar-refractivity contribution in [2.45, 2.75) is 45.8 Å². The predicted molar refractivity (Wildman–Crippen MR) is 79.2 cm³/mol. The van der Waals surface area contributed by atoms with Crippen LogP contribution in [0.4, 0.5) is 0 Å². The van der Waals surface area contributed by atoms with Gasteiger partial charge in [-0.25, -0.2) is 0 Å². The number of phenolic OH excluding ortho intramolecular Hbond substituents is 1. The Labute approximate surface area is 116 Å². The highest BCUT2D eigenvalue weighted by Gasteiger charge is 2.27. The third-order valence-corrected chi connectivity index (χ3v) is 4.36. The molecule has 19 heavy (non-hydrogen) atoms. The molecule has 1 aromatic rings. The predicted octanol–water partition coefficient (Wildman–Crippen LogP) is 2.60. The second-order valence-corrected chi connectivity index (χ2v) is 5.85. The summed E-state index contributed by atoms with van der Waals surface area (Å²) < 4.78 is 0. The molecule has 3 nitrogen and oxygen atoms in total. The van der Waals surface area contributed by atoms with E-state index in [0.29, 0.717) is 23.8 Å². The van der Waals surface area contributed by atoms with Gasteiger partial charge >= 0.3 is 0 Å². The summed E-state index contributed by atoms with van der Waals surface area (Å²) in [5.41, 5.74) is 1.19. The van der Waals surface area contributed by atoms with Gasteiger partial charge in [-0.1, -0.05) is 32.4 Å². The minimum atomic E-state index is 0.360. The summed E-state index contributed by atoms with van der Waals surface area (Å²) in [6.07, 6.45) is 1.21. The lowest BCUT2D eigenvalue weighted by atomic mass is 9.95. The average Bonchev–Trinajstić information content (AvgIpc) is 2.40. The van der Waals surface area contributed by atoms with E-state index in [9.17, 15) is 5.11 Å². The minimum Gasteiger partial charge on any atom is -0.508 e. The molecule has 1 aromatic carbocycles. The number of piperazine rings is 1. The molecule has 1 heterocycles. The quantitative estimate of drug-likeness (QED) is 0.875. The van der Waals surface area contributed by atoms with Gasteiger partial charge in [-0.2, -0.15) is 0 Å². The van der Waals surface area contributed by atoms with Crippen LogP contribution < -0.4 is 5.32 Å². The van der Waals surface area contributed by atoms with Gasteiger partial charge in [-0.15, -0.1) is 0 Å². The number of nitrogens with one attached hydrogen (secondary N) is 1. The van der Waals surface area contributed by atoms with Gasteiger partial charge in [0.05, 0.1) is 0 Å². The molecule has 2 N–H and O–H groups in total. The molecule has 0 radical (unpaired) electrons. The van der Waals surface area contributed by atoms with Gasteiger partial charge in [0.2, 0.25) is 0 Å². The maximum atomic E-state index is 9.56. The van der Waals surface area contributed by atoms with Crippen molar-refractivity contribution in [1.29, 1.82) is 0 Å². The second-order valence-electron chi connectivity index (χ2n) is 5.85. The number of aromatic hydroxyl groups is 1. The van der Waals surface area contributed by atoms with Gasteiger partial charge in [-0.3, -0.25) is 4.90 Å². The molecule has 2 rings (SSSR count). The lowest BCUT2D eigenvalue weighted by Gasteiger charge is -2.41. The normalized spacial score (nSPS) is 26.3. The molecule has 1 saturated heterocycles.